The molecule has 14 heavy (non-hydrogen) atoms. The lowest BCUT2D eigenvalue weighted by molar-refractivity contribution is -0.0914. The Bertz CT molecular complexity index is 259. The molecule has 0 atom stereocenters. The minimum atomic E-state index is -0.210. The summed E-state index contributed by atoms with van der Waals surface area (Å²) in [5, 5.41) is 3.20. The molecular weight excluding hydrogens is 246 g/mol. The quantitative estimate of drug-likeness (QED) is 0.825. The molecule has 0 saturated carbocycles. The molecule has 0 spiro atoms. The van der Waals surface area contributed by atoms with E-state index in [1.807, 2.05) is 24.3 Å². The number of halogens is 1. The van der Waals surface area contributed by atoms with Crippen molar-refractivity contribution >= 4 is 21.6 Å². The molecule has 0 bridgehead atoms. The molecule has 4 heteroatoms. The van der Waals surface area contributed by atoms with E-state index in [-0.39, 0.29) is 6.29 Å². The number of nitrogens with one attached hydrogen (secondary N) is 1. The van der Waals surface area contributed by atoms with Crippen molar-refractivity contribution in [2.75, 3.05) is 26.1 Å². The molecule has 0 aliphatic carbocycles. The molecule has 1 N–H and O–H groups in total. The topological polar surface area (TPSA) is 30.5 Å². The summed E-state index contributed by atoms with van der Waals surface area (Å²) < 4.78 is 11.2. The molecule has 0 unspecified atom stereocenters. The molecule has 3 nitrogen and oxygen atoms in total. The maximum Gasteiger partial charge on any atom is 0.173 e. The van der Waals surface area contributed by atoms with Crippen LogP contribution < -0.4 is 5.32 Å². The van der Waals surface area contributed by atoms with E-state index in [1.54, 1.807) is 14.2 Å². The van der Waals surface area contributed by atoms with Gasteiger partial charge >= 0.3 is 0 Å². The van der Waals surface area contributed by atoms with Gasteiger partial charge < -0.3 is 14.8 Å². The Kier molecular flexibility index (Phi) is 4.93. The Morgan fingerprint density at radius 1 is 1.21 bits per heavy atom. The van der Waals surface area contributed by atoms with E-state index < -0.39 is 0 Å². The largest absolute Gasteiger partial charge is 0.380 e. The van der Waals surface area contributed by atoms with Crippen molar-refractivity contribution in [1.29, 1.82) is 0 Å². The van der Waals surface area contributed by atoms with Crippen molar-refractivity contribution in [3.63, 3.8) is 0 Å². The van der Waals surface area contributed by atoms with Crippen molar-refractivity contribution in [3.05, 3.63) is 28.7 Å². The highest BCUT2D eigenvalue weighted by Gasteiger charge is 2.03. The van der Waals surface area contributed by atoms with Crippen molar-refractivity contribution in [2.45, 2.75) is 6.29 Å². The van der Waals surface area contributed by atoms with Crippen LogP contribution in [0, 0.1) is 0 Å². The SMILES string of the molecule is COC(CNc1ccc(Br)cc1)OC. The Morgan fingerprint density at radius 2 is 1.79 bits per heavy atom. The number of benzene rings is 1. The molecule has 0 amide bonds. The number of hydrogen-bond acceptors (Lipinski definition) is 3. The van der Waals surface area contributed by atoms with Crippen molar-refractivity contribution in [2.24, 2.45) is 0 Å². The van der Waals surface area contributed by atoms with Gasteiger partial charge in [-0.05, 0) is 24.3 Å². The van der Waals surface area contributed by atoms with Crippen LogP contribution in [0.2, 0.25) is 0 Å². The van der Waals surface area contributed by atoms with Crippen LogP contribution in [0.15, 0.2) is 28.7 Å². The Morgan fingerprint density at radius 3 is 2.29 bits per heavy atom. The van der Waals surface area contributed by atoms with Gasteiger partial charge in [-0.25, -0.2) is 0 Å². The monoisotopic (exact) mass is 259 g/mol. The molecule has 0 aliphatic heterocycles. The minimum absolute atomic E-state index is 0.210. The predicted octanol–water partition coefficient (Wildman–Crippen LogP) is 2.48. The van der Waals surface area contributed by atoms with E-state index in [0.717, 1.165) is 10.2 Å². The summed E-state index contributed by atoms with van der Waals surface area (Å²) in [6.07, 6.45) is -0.210. The summed E-state index contributed by atoms with van der Waals surface area (Å²) in [5.74, 6) is 0. The molecule has 1 aromatic carbocycles. The molecule has 0 fully saturated rings. The van der Waals surface area contributed by atoms with Gasteiger partial charge in [0.15, 0.2) is 6.29 Å². The third kappa shape index (κ3) is 3.65. The second-order valence-electron chi connectivity index (χ2n) is 2.79. The van der Waals surface area contributed by atoms with Crippen molar-refractivity contribution in [1.82, 2.24) is 0 Å². The average molecular weight is 260 g/mol. The van der Waals surface area contributed by atoms with Crippen LogP contribution in [0.3, 0.4) is 0 Å². The molecule has 78 valence electrons. The zero-order valence-corrected chi connectivity index (χ0v) is 9.87. The van der Waals surface area contributed by atoms with Crippen LogP contribution in [-0.2, 0) is 9.47 Å². The van der Waals surface area contributed by atoms with Crippen LogP contribution in [0.4, 0.5) is 5.69 Å². The minimum Gasteiger partial charge on any atom is -0.380 e. The molecule has 0 radical (unpaired) electrons. The standard InChI is InChI=1S/C10H14BrNO2/c1-13-10(14-2)7-12-9-5-3-8(11)4-6-9/h3-6,10,12H,7H2,1-2H3. The van der Waals surface area contributed by atoms with Crippen LogP contribution >= 0.6 is 15.9 Å². The Labute approximate surface area is 92.5 Å². The first-order chi connectivity index (χ1) is 6.76. The maximum atomic E-state index is 5.05. The zero-order chi connectivity index (χ0) is 10.4. The first kappa shape index (κ1) is 11.5. The number of hydrogen-bond donors (Lipinski definition) is 1. The summed E-state index contributed by atoms with van der Waals surface area (Å²) in [6.45, 7) is 0.634. The lowest BCUT2D eigenvalue weighted by Gasteiger charge is -2.14. The van der Waals surface area contributed by atoms with Crippen molar-refractivity contribution < 1.29 is 9.47 Å². The Balaban J connectivity index is 2.41. The normalized spacial score (nSPS) is 10.6. The zero-order valence-electron chi connectivity index (χ0n) is 8.29. The van der Waals surface area contributed by atoms with E-state index in [1.165, 1.54) is 0 Å². The van der Waals surface area contributed by atoms with E-state index >= 15 is 0 Å². The highest BCUT2D eigenvalue weighted by atomic mass is 79.9. The fourth-order valence-corrected chi connectivity index (χ4v) is 1.30. The summed E-state index contributed by atoms with van der Waals surface area (Å²) in [6, 6.07) is 7.95. The smallest absolute Gasteiger partial charge is 0.173 e. The van der Waals surface area contributed by atoms with Crippen LogP contribution in [0.25, 0.3) is 0 Å². The first-order valence-corrected chi connectivity index (χ1v) is 5.10. The number of methoxy groups -OCH3 is 2. The molecule has 0 saturated heterocycles. The number of rotatable bonds is 5. The maximum absolute atomic E-state index is 5.05. The van der Waals surface area contributed by atoms with Crippen molar-refractivity contribution in [3.8, 4) is 0 Å². The summed E-state index contributed by atoms with van der Waals surface area (Å²) in [5.41, 5.74) is 1.05. The van der Waals surface area contributed by atoms with Crippen LogP contribution in [0.5, 0.6) is 0 Å². The average Bonchev–Trinajstić information content (AvgIpc) is 2.22. The first-order valence-electron chi connectivity index (χ1n) is 4.31. The summed E-state index contributed by atoms with van der Waals surface area (Å²) in [4.78, 5) is 0. The molecule has 0 aromatic heterocycles. The highest BCUT2D eigenvalue weighted by molar-refractivity contribution is 9.10. The van der Waals surface area contributed by atoms with Gasteiger partial charge in [0.25, 0.3) is 0 Å². The van der Waals surface area contributed by atoms with Gasteiger partial charge in [0.1, 0.15) is 0 Å². The third-order valence-electron chi connectivity index (χ3n) is 1.84. The molecule has 1 rings (SSSR count). The van der Waals surface area contributed by atoms with E-state index in [9.17, 15) is 0 Å². The second-order valence-corrected chi connectivity index (χ2v) is 3.70. The molecule has 0 heterocycles. The van der Waals surface area contributed by atoms with E-state index in [2.05, 4.69) is 21.2 Å². The lowest BCUT2D eigenvalue weighted by Crippen LogP contribution is -2.23. The molecule has 1 aromatic rings. The summed E-state index contributed by atoms with van der Waals surface area (Å²) in [7, 11) is 3.24. The molecule has 0 aliphatic rings. The van der Waals surface area contributed by atoms with Gasteiger partial charge in [0.05, 0.1) is 6.54 Å². The van der Waals surface area contributed by atoms with E-state index in [4.69, 9.17) is 9.47 Å². The highest BCUT2D eigenvalue weighted by Crippen LogP contribution is 2.14. The van der Waals surface area contributed by atoms with Gasteiger partial charge in [0, 0.05) is 24.4 Å². The number of anilines is 1. The summed E-state index contributed by atoms with van der Waals surface area (Å²) >= 11 is 3.38. The lowest BCUT2D eigenvalue weighted by atomic mass is 10.3. The van der Waals surface area contributed by atoms with Gasteiger partial charge in [-0.2, -0.15) is 0 Å². The van der Waals surface area contributed by atoms with Gasteiger partial charge in [0.2, 0.25) is 0 Å². The van der Waals surface area contributed by atoms with E-state index in [0.29, 0.717) is 6.54 Å². The van der Waals surface area contributed by atoms with Gasteiger partial charge in [-0.3, -0.25) is 0 Å². The van der Waals surface area contributed by atoms with Crippen LogP contribution in [0.1, 0.15) is 0 Å². The van der Waals surface area contributed by atoms with Gasteiger partial charge in [-0.1, -0.05) is 15.9 Å². The predicted molar refractivity (Wildman–Crippen MR) is 60.4 cm³/mol. The van der Waals surface area contributed by atoms with Crippen LogP contribution in [-0.4, -0.2) is 27.1 Å². The third-order valence-corrected chi connectivity index (χ3v) is 2.37. The fraction of sp³-hybridized carbons (Fsp3) is 0.400. The van der Waals surface area contributed by atoms with Gasteiger partial charge in [-0.15, -0.1) is 0 Å². The number of ether oxygens (including phenoxy) is 2. The Hall–Kier alpha value is -0.580. The second kappa shape index (κ2) is 6.01. The molecular formula is C10H14BrNO2. The fourth-order valence-electron chi connectivity index (χ4n) is 1.03.